The van der Waals surface area contributed by atoms with Crippen LogP contribution < -0.4 is 10.6 Å². The largest absolute Gasteiger partial charge is 0.469 e. The number of hydrogen-bond acceptors (Lipinski definition) is 4. The first-order chi connectivity index (χ1) is 11.4. The number of furan rings is 1. The minimum atomic E-state index is 0.686. The van der Waals surface area contributed by atoms with Crippen molar-refractivity contribution >= 4 is 17.3 Å². The van der Waals surface area contributed by atoms with E-state index in [0.29, 0.717) is 6.54 Å². The molecule has 2 N–H and O–H groups in total. The molecule has 0 aliphatic heterocycles. The van der Waals surface area contributed by atoms with Gasteiger partial charge >= 0.3 is 0 Å². The lowest BCUT2D eigenvalue weighted by Crippen LogP contribution is -2.39. The molecule has 0 saturated heterocycles. The summed E-state index contributed by atoms with van der Waals surface area (Å²) < 4.78 is 10.7. The van der Waals surface area contributed by atoms with Gasteiger partial charge in [-0.3, -0.25) is 0 Å². The van der Waals surface area contributed by atoms with Crippen molar-refractivity contribution in [3.05, 3.63) is 46.5 Å². The summed E-state index contributed by atoms with van der Waals surface area (Å²) in [5.41, 5.74) is 1.23. The molecule has 126 valence electrons. The van der Waals surface area contributed by atoms with Gasteiger partial charge in [0.25, 0.3) is 0 Å². The molecule has 0 aromatic carbocycles. The molecule has 2 aromatic rings. The van der Waals surface area contributed by atoms with E-state index in [1.165, 1.54) is 5.56 Å². The Kier molecular flexibility index (Phi) is 8.29. The molecule has 0 fully saturated rings. The van der Waals surface area contributed by atoms with Crippen molar-refractivity contribution in [2.45, 2.75) is 26.3 Å². The number of ether oxygens (including phenoxy) is 1. The third-order valence-corrected chi connectivity index (χ3v) is 3.94. The lowest BCUT2D eigenvalue weighted by Gasteiger charge is -2.12. The Morgan fingerprint density at radius 3 is 2.96 bits per heavy atom. The van der Waals surface area contributed by atoms with Crippen molar-refractivity contribution in [2.75, 3.05) is 26.3 Å². The summed E-state index contributed by atoms with van der Waals surface area (Å²) in [5, 5.41) is 10.9. The lowest BCUT2D eigenvalue weighted by molar-refractivity contribution is 0.145. The second kappa shape index (κ2) is 10.9. The predicted molar refractivity (Wildman–Crippen MR) is 95.0 cm³/mol. The highest BCUT2D eigenvalue weighted by Gasteiger charge is 2.01. The maximum Gasteiger partial charge on any atom is 0.191 e. The fourth-order valence-corrected chi connectivity index (χ4v) is 2.67. The van der Waals surface area contributed by atoms with Gasteiger partial charge in [-0.15, -0.1) is 0 Å². The number of nitrogens with one attached hydrogen (secondary N) is 2. The number of guanidine groups is 1. The van der Waals surface area contributed by atoms with Gasteiger partial charge < -0.3 is 19.8 Å². The molecule has 0 atom stereocenters. The highest BCUT2D eigenvalue weighted by Crippen LogP contribution is 2.06. The van der Waals surface area contributed by atoms with Gasteiger partial charge in [0.05, 0.1) is 12.8 Å². The zero-order valence-electron chi connectivity index (χ0n) is 13.6. The van der Waals surface area contributed by atoms with Crippen LogP contribution in [0.3, 0.4) is 0 Å². The zero-order chi connectivity index (χ0) is 16.2. The van der Waals surface area contributed by atoms with Crippen LogP contribution in [0.25, 0.3) is 0 Å². The van der Waals surface area contributed by atoms with Crippen molar-refractivity contribution in [1.82, 2.24) is 10.6 Å². The first-order valence-electron chi connectivity index (χ1n) is 8.02. The van der Waals surface area contributed by atoms with Gasteiger partial charge in [0.1, 0.15) is 5.76 Å². The lowest BCUT2D eigenvalue weighted by atomic mass is 10.3. The SMILES string of the molecule is CCOCCCNC(=NCc1ccsc1)NCCc1ccco1. The highest BCUT2D eigenvalue weighted by molar-refractivity contribution is 7.07. The van der Waals surface area contributed by atoms with Gasteiger partial charge in [-0.25, -0.2) is 4.99 Å². The van der Waals surface area contributed by atoms with Crippen molar-refractivity contribution in [2.24, 2.45) is 4.99 Å². The number of rotatable bonds is 10. The summed E-state index contributed by atoms with van der Waals surface area (Å²) in [6.07, 6.45) is 3.50. The molecule has 0 aliphatic rings. The van der Waals surface area contributed by atoms with E-state index in [2.05, 4.69) is 32.5 Å². The molecule has 0 amide bonds. The van der Waals surface area contributed by atoms with Crippen LogP contribution in [0.5, 0.6) is 0 Å². The molecule has 2 rings (SSSR count). The quantitative estimate of drug-likeness (QED) is 0.398. The smallest absolute Gasteiger partial charge is 0.191 e. The molecule has 0 spiro atoms. The number of hydrogen-bond donors (Lipinski definition) is 2. The van der Waals surface area contributed by atoms with Crippen LogP contribution in [-0.2, 0) is 17.7 Å². The van der Waals surface area contributed by atoms with Gasteiger partial charge in [0.15, 0.2) is 5.96 Å². The monoisotopic (exact) mass is 335 g/mol. The van der Waals surface area contributed by atoms with Crippen molar-refractivity contribution in [1.29, 1.82) is 0 Å². The third-order valence-electron chi connectivity index (χ3n) is 3.21. The zero-order valence-corrected chi connectivity index (χ0v) is 14.4. The summed E-state index contributed by atoms with van der Waals surface area (Å²) in [5.74, 6) is 1.81. The van der Waals surface area contributed by atoms with E-state index in [1.54, 1.807) is 17.6 Å². The van der Waals surface area contributed by atoms with Crippen LogP contribution in [0.15, 0.2) is 44.6 Å². The molecule has 23 heavy (non-hydrogen) atoms. The molecule has 0 unspecified atom stereocenters. The molecule has 6 heteroatoms. The van der Waals surface area contributed by atoms with E-state index in [0.717, 1.165) is 50.9 Å². The Labute approximate surface area is 141 Å². The first kappa shape index (κ1) is 17.6. The fourth-order valence-electron chi connectivity index (χ4n) is 2.01. The molecule has 0 saturated carbocycles. The Hall–Kier alpha value is -1.79. The van der Waals surface area contributed by atoms with Crippen LogP contribution in [0.2, 0.25) is 0 Å². The molecule has 2 aromatic heterocycles. The molecule has 0 bridgehead atoms. The molecular formula is C17H25N3O2S. The number of thiophene rings is 1. The fraction of sp³-hybridized carbons (Fsp3) is 0.471. The van der Waals surface area contributed by atoms with Crippen LogP contribution in [0, 0.1) is 0 Å². The standard InChI is InChI=1S/C17H25N3O2S/c1-2-21-10-4-8-18-17(20-13-15-7-12-23-14-15)19-9-6-16-5-3-11-22-16/h3,5,7,11-12,14H,2,4,6,8-10,13H2,1H3,(H2,18,19,20). The summed E-state index contributed by atoms with van der Waals surface area (Å²) in [6, 6.07) is 6.00. The van der Waals surface area contributed by atoms with Crippen LogP contribution in [-0.4, -0.2) is 32.3 Å². The van der Waals surface area contributed by atoms with Crippen LogP contribution >= 0.6 is 11.3 Å². The second-order valence-electron chi connectivity index (χ2n) is 5.03. The minimum Gasteiger partial charge on any atom is -0.469 e. The van der Waals surface area contributed by atoms with E-state index in [-0.39, 0.29) is 0 Å². The summed E-state index contributed by atoms with van der Waals surface area (Å²) in [4.78, 5) is 4.63. The van der Waals surface area contributed by atoms with E-state index >= 15 is 0 Å². The van der Waals surface area contributed by atoms with Gasteiger partial charge in [-0.1, -0.05) is 0 Å². The van der Waals surface area contributed by atoms with Crippen LogP contribution in [0.4, 0.5) is 0 Å². The van der Waals surface area contributed by atoms with Crippen molar-refractivity contribution in [3.8, 4) is 0 Å². The minimum absolute atomic E-state index is 0.686. The first-order valence-corrected chi connectivity index (χ1v) is 8.96. The van der Waals surface area contributed by atoms with E-state index in [4.69, 9.17) is 9.15 Å². The Morgan fingerprint density at radius 1 is 1.30 bits per heavy atom. The average molecular weight is 335 g/mol. The summed E-state index contributed by atoms with van der Waals surface area (Å²) in [6.45, 7) is 5.86. The number of aliphatic imine (C=N–C) groups is 1. The number of nitrogens with zero attached hydrogens (tertiary/aromatic N) is 1. The Morgan fingerprint density at radius 2 is 2.22 bits per heavy atom. The Bertz CT molecular complexity index is 538. The maximum atomic E-state index is 5.35. The summed E-state index contributed by atoms with van der Waals surface area (Å²) >= 11 is 1.70. The van der Waals surface area contributed by atoms with Crippen molar-refractivity contribution < 1.29 is 9.15 Å². The topological polar surface area (TPSA) is 58.8 Å². The van der Waals surface area contributed by atoms with Gasteiger partial charge in [-0.2, -0.15) is 11.3 Å². The van der Waals surface area contributed by atoms with E-state index < -0.39 is 0 Å². The second-order valence-corrected chi connectivity index (χ2v) is 5.81. The average Bonchev–Trinajstić information content (AvgIpc) is 3.25. The molecule has 2 heterocycles. The van der Waals surface area contributed by atoms with Gasteiger partial charge in [0, 0.05) is 32.7 Å². The van der Waals surface area contributed by atoms with E-state index in [1.807, 2.05) is 19.1 Å². The van der Waals surface area contributed by atoms with Gasteiger partial charge in [0.2, 0.25) is 0 Å². The van der Waals surface area contributed by atoms with Crippen LogP contribution in [0.1, 0.15) is 24.7 Å². The van der Waals surface area contributed by atoms with E-state index in [9.17, 15) is 0 Å². The Balaban J connectivity index is 1.76. The molecule has 0 radical (unpaired) electrons. The molecule has 5 nitrogen and oxygen atoms in total. The molecule has 0 aliphatic carbocycles. The molecular weight excluding hydrogens is 310 g/mol. The highest BCUT2D eigenvalue weighted by atomic mass is 32.1. The third kappa shape index (κ3) is 7.34. The summed E-state index contributed by atoms with van der Waals surface area (Å²) in [7, 11) is 0. The maximum absolute atomic E-state index is 5.35. The van der Waals surface area contributed by atoms with Gasteiger partial charge in [-0.05, 0) is 47.9 Å². The normalized spacial score (nSPS) is 11.6. The predicted octanol–water partition coefficient (Wildman–Crippen LogP) is 3.05. The van der Waals surface area contributed by atoms with Crippen molar-refractivity contribution in [3.63, 3.8) is 0 Å².